The molecule has 17 heavy (non-hydrogen) atoms. The van der Waals surface area contributed by atoms with Gasteiger partial charge in [0.1, 0.15) is 0 Å². The number of rotatable bonds is 5. The van der Waals surface area contributed by atoms with E-state index in [-0.39, 0.29) is 17.4 Å². The highest BCUT2D eigenvalue weighted by Crippen LogP contribution is 2.32. The molecule has 2 unspecified atom stereocenters. The summed E-state index contributed by atoms with van der Waals surface area (Å²) >= 11 is 0. The van der Waals surface area contributed by atoms with E-state index in [1.807, 2.05) is 20.8 Å². The van der Waals surface area contributed by atoms with E-state index in [1.165, 1.54) is 0 Å². The first-order valence-electron chi connectivity index (χ1n) is 6.48. The third-order valence-electron chi connectivity index (χ3n) is 4.16. The number of carboxylic acid groups (broad SMARTS) is 1. The van der Waals surface area contributed by atoms with Gasteiger partial charge in [0.05, 0.1) is 11.8 Å². The van der Waals surface area contributed by atoms with Crippen LogP contribution >= 0.6 is 0 Å². The molecule has 4 nitrogen and oxygen atoms in total. The molecule has 1 amide bonds. The molecule has 0 bridgehead atoms. The van der Waals surface area contributed by atoms with Crippen LogP contribution in [0.4, 0.5) is 0 Å². The van der Waals surface area contributed by atoms with Gasteiger partial charge in [-0.3, -0.25) is 9.59 Å². The second-order valence-electron chi connectivity index (χ2n) is 5.24. The number of hydrogen-bond acceptors (Lipinski definition) is 2. The monoisotopic (exact) mass is 241 g/mol. The Kier molecular flexibility index (Phi) is 4.54. The number of hydrogen-bond donors (Lipinski definition) is 2. The van der Waals surface area contributed by atoms with Crippen molar-refractivity contribution in [3.63, 3.8) is 0 Å². The van der Waals surface area contributed by atoms with Gasteiger partial charge in [-0.05, 0) is 32.6 Å². The van der Waals surface area contributed by atoms with Gasteiger partial charge in [0.2, 0.25) is 5.91 Å². The standard InChI is InChI=1S/C13H23NO3/c1-4-13(3,5-2)14-11(15)9-7-6-8-10(9)12(16)17/h9-10H,4-8H2,1-3H3,(H,14,15)(H,16,17). The number of amides is 1. The van der Waals surface area contributed by atoms with Gasteiger partial charge >= 0.3 is 5.97 Å². The van der Waals surface area contributed by atoms with Crippen molar-refractivity contribution in [2.75, 3.05) is 0 Å². The number of carbonyl (C=O) groups excluding carboxylic acids is 1. The summed E-state index contributed by atoms with van der Waals surface area (Å²) in [6, 6.07) is 0. The Morgan fingerprint density at radius 2 is 1.76 bits per heavy atom. The first kappa shape index (κ1) is 14.0. The van der Waals surface area contributed by atoms with Crippen molar-refractivity contribution in [1.29, 1.82) is 0 Å². The van der Waals surface area contributed by atoms with Crippen LogP contribution in [0.5, 0.6) is 0 Å². The van der Waals surface area contributed by atoms with Crippen LogP contribution in [0, 0.1) is 11.8 Å². The van der Waals surface area contributed by atoms with Crippen molar-refractivity contribution in [1.82, 2.24) is 5.32 Å². The maximum Gasteiger partial charge on any atom is 0.307 e. The highest BCUT2D eigenvalue weighted by atomic mass is 16.4. The number of nitrogens with one attached hydrogen (secondary N) is 1. The van der Waals surface area contributed by atoms with E-state index in [2.05, 4.69) is 5.32 Å². The summed E-state index contributed by atoms with van der Waals surface area (Å²) in [5, 5.41) is 12.1. The maximum atomic E-state index is 12.1. The molecule has 2 N–H and O–H groups in total. The largest absolute Gasteiger partial charge is 0.481 e. The first-order valence-corrected chi connectivity index (χ1v) is 6.48. The van der Waals surface area contributed by atoms with Crippen LogP contribution in [0.25, 0.3) is 0 Å². The Hall–Kier alpha value is -1.06. The van der Waals surface area contributed by atoms with Crippen molar-refractivity contribution < 1.29 is 14.7 Å². The molecule has 0 heterocycles. The van der Waals surface area contributed by atoms with Crippen LogP contribution < -0.4 is 5.32 Å². The Labute approximate surface area is 103 Å². The summed E-state index contributed by atoms with van der Waals surface area (Å²) in [6.45, 7) is 6.08. The Morgan fingerprint density at radius 1 is 1.24 bits per heavy atom. The van der Waals surface area contributed by atoms with Crippen LogP contribution in [-0.4, -0.2) is 22.5 Å². The second-order valence-corrected chi connectivity index (χ2v) is 5.24. The predicted octanol–water partition coefficient (Wildman–Crippen LogP) is 2.18. The number of carbonyl (C=O) groups is 2. The summed E-state index contributed by atoms with van der Waals surface area (Å²) in [4.78, 5) is 23.2. The van der Waals surface area contributed by atoms with Crippen molar-refractivity contribution in [2.45, 2.75) is 58.4 Å². The fraction of sp³-hybridized carbons (Fsp3) is 0.846. The minimum Gasteiger partial charge on any atom is -0.481 e. The van der Waals surface area contributed by atoms with Crippen molar-refractivity contribution in [3.8, 4) is 0 Å². The minimum absolute atomic E-state index is 0.0823. The van der Waals surface area contributed by atoms with E-state index in [4.69, 9.17) is 5.11 Å². The van der Waals surface area contributed by atoms with Gasteiger partial charge in [-0.25, -0.2) is 0 Å². The summed E-state index contributed by atoms with van der Waals surface area (Å²) in [7, 11) is 0. The molecule has 0 radical (unpaired) electrons. The molecule has 4 heteroatoms. The zero-order valence-electron chi connectivity index (χ0n) is 11.0. The molecule has 1 aliphatic rings. The lowest BCUT2D eigenvalue weighted by molar-refractivity contribution is -0.146. The average molecular weight is 241 g/mol. The van der Waals surface area contributed by atoms with Crippen LogP contribution in [0.15, 0.2) is 0 Å². The zero-order chi connectivity index (χ0) is 13.1. The van der Waals surface area contributed by atoms with Crippen LogP contribution in [0.2, 0.25) is 0 Å². The summed E-state index contributed by atoms with van der Waals surface area (Å²) in [6.07, 6.45) is 3.89. The Morgan fingerprint density at radius 3 is 2.24 bits per heavy atom. The fourth-order valence-electron chi connectivity index (χ4n) is 2.39. The quantitative estimate of drug-likeness (QED) is 0.775. The number of carboxylic acids is 1. The molecule has 1 rings (SSSR count). The van der Waals surface area contributed by atoms with Gasteiger partial charge in [-0.1, -0.05) is 20.3 Å². The van der Waals surface area contributed by atoms with Crippen LogP contribution in [-0.2, 0) is 9.59 Å². The van der Waals surface area contributed by atoms with Crippen LogP contribution in [0.3, 0.4) is 0 Å². The van der Waals surface area contributed by atoms with Crippen molar-refractivity contribution >= 4 is 11.9 Å². The lowest BCUT2D eigenvalue weighted by atomic mass is 9.91. The molecule has 2 atom stereocenters. The SMILES string of the molecule is CCC(C)(CC)NC(=O)C1CCCC1C(=O)O. The smallest absolute Gasteiger partial charge is 0.307 e. The molecule has 1 aliphatic carbocycles. The Balaban J connectivity index is 2.67. The van der Waals surface area contributed by atoms with E-state index < -0.39 is 11.9 Å². The van der Waals surface area contributed by atoms with Crippen molar-refractivity contribution in [2.24, 2.45) is 11.8 Å². The van der Waals surface area contributed by atoms with Gasteiger partial charge < -0.3 is 10.4 Å². The van der Waals surface area contributed by atoms with Crippen LogP contribution in [0.1, 0.15) is 52.9 Å². The summed E-state index contributed by atoms with van der Waals surface area (Å²) in [5.41, 5.74) is -0.206. The van der Waals surface area contributed by atoms with E-state index in [0.29, 0.717) is 12.8 Å². The molecule has 0 aromatic heterocycles. The predicted molar refractivity (Wildman–Crippen MR) is 65.6 cm³/mol. The number of aliphatic carboxylic acids is 1. The summed E-state index contributed by atoms with van der Waals surface area (Å²) < 4.78 is 0. The molecular formula is C13H23NO3. The van der Waals surface area contributed by atoms with Crippen molar-refractivity contribution in [3.05, 3.63) is 0 Å². The topological polar surface area (TPSA) is 66.4 Å². The zero-order valence-corrected chi connectivity index (χ0v) is 11.0. The first-order chi connectivity index (χ1) is 7.93. The molecule has 98 valence electrons. The van der Waals surface area contributed by atoms with Gasteiger partial charge in [0.25, 0.3) is 0 Å². The minimum atomic E-state index is -0.836. The fourth-order valence-corrected chi connectivity index (χ4v) is 2.39. The molecule has 0 saturated heterocycles. The van der Waals surface area contributed by atoms with Gasteiger partial charge in [0, 0.05) is 5.54 Å². The molecule has 0 aliphatic heterocycles. The molecule has 0 spiro atoms. The van der Waals surface area contributed by atoms with E-state index in [1.54, 1.807) is 0 Å². The highest BCUT2D eigenvalue weighted by Gasteiger charge is 2.39. The lowest BCUT2D eigenvalue weighted by Crippen LogP contribution is -2.48. The average Bonchev–Trinajstić information content (AvgIpc) is 2.77. The van der Waals surface area contributed by atoms with E-state index in [0.717, 1.165) is 19.3 Å². The van der Waals surface area contributed by atoms with Gasteiger partial charge in [0.15, 0.2) is 0 Å². The molecular weight excluding hydrogens is 218 g/mol. The maximum absolute atomic E-state index is 12.1. The Bertz CT molecular complexity index is 297. The molecule has 0 aromatic rings. The van der Waals surface area contributed by atoms with Gasteiger partial charge in [-0.2, -0.15) is 0 Å². The van der Waals surface area contributed by atoms with E-state index in [9.17, 15) is 9.59 Å². The molecule has 0 aromatic carbocycles. The summed E-state index contributed by atoms with van der Waals surface area (Å²) in [5.74, 6) is -1.75. The third-order valence-corrected chi connectivity index (χ3v) is 4.16. The molecule has 1 saturated carbocycles. The third kappa shape index (κ3) is 3.20. The second kappa shape index (κ2) is 5.52. The van der Waals surface area contributed by atoms with E-state index >= 15 is 0 Å². The molecule has 1 fully saturated rings. The lowest BCUT2D eigenvalue weighted by Gasteiger charge is -2.30. The normalized spacial score (nSPS) is 24.6. The van der Waals surface area contributed by atoms with Gasteiger partial charge in [-0.15, -0.1) is 0 Å². The highest BCUT2D eigenvalue weighted by molar-refractivity contribution is 5.85.